The van der Waals surface area contributed by atoms with Gasteiger partial charge in [-0.1, -0.05) is 37.5 Å². The third-order valence-electron chi connectivity index (χ3n) is 3.83. The minimum absolute atomic E-state index is 0.0726. The summed E-state index contributed by atoms with van der Waals surface area (Å²) < 4.78 is 5.32. The highest BCUT2D eigenvalue weighted by atomic mass is 35.5. The van der Waals surface area contributed by atoms with Crippen molar-refractivity contribution >= 4 is 29.3 Å². The highest BCUT2D eigenvalue weighted by Gasteiger charge is 2.20. The number of carboxylic acids is 1. The van der Waals surface area contributed by atoms with Crippen molar-refractivity contribution < 1.29 is 19.2 Å². The van der Waals surface area contributed by atoms with Gasteiger partial charge in [-0.2, -0.15) is 4.98 Å². The Kier molecular flexibility index (Phi) is 6.79. The summed E-state index contributed by atoms with van der Waals surface area (Å²) in [6.45, 7) is 5.71. The van der Waals surface area contributed by atoms with Gasteiger partial charge in [0.15, 0.2) is 5.82 Å². The van der Waals surface area contributed by atoms with Crippen molar-refractivity contribution in [2.75, 3.05) is 18.9 Å². The summed E-state index contributed by atoms with van der Waals surface area (Å²) in [5.74, 6) is -0.445. The predicted molar refractivity (Wildman–Crippen MR) is 102 cm³/mol. The van der Waals surface area contributed by atoms with Gasteiger partial charge in [0, 0.05) is 25.0 Å². The van der Waals surface area contributed by atoms with Crippen LogP contribution in [0.25, 0.3) is 11.5 Å². The fourth-order valence-corrected chi connectivity index (χ4v) is 2.57. The van der Waals surface area contributed by atoms with E-state index >= 15 is 0 Å². The number of hydrogen-bond acceptors (Lipinski definition) is 5. The highest BCUT2D eigenvalue weighted by Crippen LogP contribution is 2.30. The lowest BCUT2D eigenvalue weighted by atomic mass is 10.1. The molecular formula is C18H23ClN4O4. The third kappa shape index (κ3) is 5.68. The number of aromatic nitrogens is 2. The molecule has 0 saturated carbocycles. The van der Waals surface area contributed by atoms with Crippen molar-refractivity contribution in [3.05, 3.63) is 29.0 Å². The number of rotatable bonds is 7. The maximum absolute atomic E-state index is 12.4. The first-order valence-corrected chi connectivity index (χ1v) is 8.92. The van der Waals surface area contributed by atoms with E-state index in [1.807, 2.05) is 0 Å². The zero-order valence-corrected chi connectivity index (χ0v) is 16.4. The third-order valence-corrected chi connectivity index (χ3v) is 4.06. The lowest BCUT2D eigenvalue weighted by Gasteiger charge is -2.20. The Balaban J connectivity index is 2.21. The predicted octanol–water partition coefficient (Wildman–Crippen LogP) is 3.77. The molecule has 0 bridgehead atoms. The summed E-state index contributed by atoms with van der Waals surface area (Å²) in [5, 5.41) is 16.1. The topological polar surface area (TPSA) is 109 Å². The number of carbonyl (C=O) groups is 2. The summed E-state index contributed by atoms with van der Waals surface area (Å²) in [7, 11) is 1.53. The largest absolute Gasteiger partial charge is 0.481 e. The molecular weight excluding hydrogens is 372 g/mol. The van der Waals surface area contributed by atoms with Crippen molar-refractivity contribution in [2.24, 2.45) is 11.8 Å². The average molecular weight is 395 g/mol. The maximum Gasteiger partial charge on any atom is 0.321 e. The molecule has 1 heterocycles. The molecule has 2 amide bonds. The van der Waals surface area contributed by atoms with Crippen LogP contribution in [-0.4, -0.2) is 45.7 Å². The summed E-state index contributed by atoms with van der Waals surface area (Å²) in [6.07, 6.45) is 0.668. The van der Waals surface area contributed by atoms with Gasteiger partial charge < -0.3 is 19.8 Å². The molecule has 2 aromatic rings. The minimum Gasteiger partial charge on any atom is -0.481 e. The van der Waals surface area contributed by atoms with Crippen LogP contribution in [0, 0.1) is 11.8 Å². The number of nitrogens with zero attached hydrogens (tertiary/aromatic N) is 3. The molecule has 0 fully saturated rings. The van der Waals surface area contributed by atoms with Gasteiger partial charge >= 0.3 is 12.0 Å². The van der Waals surface area contributed by atoms with Gasteiger partial charge in [0.25, 0.3) is 5.89 Å². The first-order valence-electron chi connectivity index (χ1n) is 8.54. The molecule has 0 saturated heterocycles. The van der Waals surface area contributed by atoms with Crippen molar-refractivity contribution in [3.8, 4) is 11.5 Å². The standard InChI is InChI=1S/C18H23ClN4O4/c1-10(2)7-15-21-16(27-22-15)13-8-12(19)5-6-14(13)20-18(26)23(4)9-11(3)17(24)25/h5-6,8,10-11H,7,9H2,1-4H3,(H,20,26)(H,24,25). The number of hydrogen-bond donors (Lipinski definition) is 2. The lowest BCUT2D eigenvalue weighted by Crippen LogP contribution is -2.36. The molecule has 0 spiro atoms. The van der Waals surface area contributed by atoms with Crippen LogP contribution in [0.1, 0.15) is 26.6 Å². The molecule has 2 N–H and O–H groups in total. The van der Waals surface area contributed by atoms with E-state index in [-0.39, 0.29) is 12.4 Å². The molecule has 146 valence electrons. The van der Waals surface area contributed by atoms with Gasteiger partial charge in [0.05, 0.1) is 17.2 Å². The number of urea groups is 1. The molecule has 0 aliphatic carbocycles. The van der Waals surface area contributed by atoms with E-state index in [0.29, 0.717) is 34.4 Å². The van der Waals surface area contributed by atoms with E-state index in [1.165, 1.54) is 18.9 Å². The Bertz CT molecular complexity index is 821. The number of aliphatic carboxylic acids is 1. The van der Waals surface area contributed by atoms with Crippen molar-refractivity contribution in [1.29, 1.82) is 0 Å². The van der Waals surface area contributed by atoms with E-state index < -0.39 is 17.9 Å². The number of carbonyl (C=O) groups excluding carboxylic acids is 1. The molecule has 9 heteroatoms. The van der Waals surface area contributed by atoms with Crippen LogP contribution in [0.3, 0.4) is 0 Å². The molecule has 27 heavy (non-hydrogen) atoms. The quantitative estimate of drug-likeness (QED) is 0.739. The summed E-state index contributed by atoms with van der Waals surface area (Å²) in [5.41, 5.74) is 0.942. The molecule has 8 nitrogen and oxygen atoms in total. The smallest absolute Gasteiger partial charge is 0.321 e. The van der Waals surface area contributed by atoms with Crippen LogP contribution in [0.2, 0.25) is 5.02 Å². The second-order valence-electron chi connectivity index (χ2n) is 6.85. The zero-order valence-electron chi connectivity index (χ0n) is 15.7. The van der Waals surface area contributed by atoms with Crippen LogP contribution < -0.4 is 5.32 Å². The van der Waals surface area contributed by atoms with Gasteiger partial charge in [-0.15, -0.1) is 0 Å². The van der Waals surface area contributed by atoms with Crippen molar-refractivity contribution in [2.45, 2.75) is 27.2 Å². The second-order valence-corrected chi connectivity index (χ2v) is 7.29. The first kappa shape index (κ1) is 20.7. The SMILES string of the molecule is CC(C)Cc1noc(-c2cc(Cl)ccc2NC(=O)N(C)CC(C)C(=O)O)n1. The summed E-state index contributed by atoms with van der Waals surface area (Å²) in [6, 6.07) is 4.44. The van der Waals surface area contributed by atoms with E-state index in [1.54, 1.807) is 18.2 Å². The van der Waals surface area contributed by atoms with Gasteiger partial charge in [-0.3, -0.25) is 4.79 Å². The average Bonchev–Trinajstić information content (AvgIpc) is 3.03. The van der Waals surface area contributed by atoms with E-state index in [4.69, 9.17) is 21.2 Å². The summed E-state index contributed by atoms with van der Waals surface area (Å²) >= 11 is 6.08. The van der Waals surface area contributed by atoms with Gasteiger partial charge in [-0.25, -0.2) is 4.79 Å². The first-order chi connectivity index (χ1) is 12.7. The fourth-order valence-electron chi connectivity index (χ4n) is 2.40. The number of carboxylic acid groups (broad SMARTS) is 1. The minimum atomic E-state index is -0.967. The molecule has 0 aliphatic rings. The van der Waals surface area contributed by atoms with Gasteiger partial charge in [0.1, 0.15) is 0 Å². The molecule has 2 rings (SSSR count). The molecule has 0 radical (unpaired) electrons. The molecule has 1 unspecified atom stereocenters. The molecule has 1 aromatic carbocycles. The normalized spacial score (nSPS) is 12.1. The van der Waals surface area contributed by atoms with E-state index in [9.17, 15) is 9.59 Å². The van der Waals surface area contributed by atoms with Crippen LogP contribution in [-0.2, 0) is 11.2 Å². The Morgan fingerprint density at radius 1 is 1.33 bits per heavy atom. The van der Waals surface area contributed by atoms with E-state index in [2.05, 4.69) is 29.3 Å². The van der Waals surface area contributed by atoms with Gasteiger partial charge in [0.2, 0.25) is 0 Å². The fraction of sp³-hybridized carbons (Fsp3) is 0.444. The van der Waals surface area contributed by atoms with Crippen LogP contribution in [0.4, 0.5) is 10.5 Å². The van der Waals surface area contributed by atoms with E-state index in [0.717, 1.165) is 0 Å². The van der Waals surface area contributed by atoms with Crippen molar-refractivity contribution in [1.82, 2.24) is 15.0 Å². The Labute approximate surface area is 162 Å². The monoisotopic (exact) mass is 394 g/mol. The second kappa shape index (κ2) is 8.85. The Morgan fingerprint density at radius 2 is 2.04 bits per heavy atom. The van der Waals surface area contributed by atoms with Crippen LogP contribution in [0.5, 0.6) is 0 Å². The molecule has 1 aromatic heterocycles. The molecule has 1 atom stereocenters. The molecule has 0 aliphatic heterocycles. The van der Waals surface area contributed by atoms with Crippen LogP contribution in [0.15, 0.2) is 22.7 Å². The number of benzene rings is 1. The Hall–Kier alpha value is -2.61. The number of halogens is 1. The zero-order chi connectivity index (χ0) is 20.1. The van der Waals surface area contributed by atoms with Crippen molar-refractivity contribution in [3.63, 3.8) is 0 Å². The van der Waals surface area contributed by atoms with Crippen LogP contribution >= 0.6 is 11.6 Å². The number of anilines is 1. The summed E-state index contributed by atoms with van der Waals surface area (Å²) in [4.78, 5) is 29.1. The number of nitrogens with one attached hydrogen (secondary N) is 1. The van der Waals surface area contributed by atoms with Gasteiger partial charge in [-0.05, 0) is 24.1 Å². The maximum atomic E-state index is 12.4. The highest BCUT2D eigenvalue weighted by molar-refractivity contribution is 6.31. The Morgan fingerprint density at radius 3 is 2.67 bits per heavy atom. The number of amides is 2. The lowest BCUT2D eigenvalue weighted by molar-refractivity contribution is -0.141.